The third-order valence-corrected chi connectivity index (χ3v) is 4.06. The van der Waals surface area contributed by atoms with Crippen molar-refractivity contribution in [1.82, 2.24) is 25.0 Å². The second-order valence-electron chi connectivity index (χ2n) is 6.21. The molecule has 0 aliphatic heterocycles. The van der Waals surface area contributed by atoms with Crippen molar-refractivity contribution in [2.45, 2.75) is 32.4 Å². The van der Waals surface area contributed by atoms with Gasteiger partial charge in [-0.25, -0.2) is 9.78 Å². The van der Waals surface area contributed by atoms with E-state index in [2.05, 4.69) is 20.7 Å². The largest absolute Gasteiger partial charge is 0.368 e. The number of aryl methyl sites for hydroxylation is 2. The van der Waals surface area contributed by atoms with Gasteiger partial charge in [0.1, 0.15) is 5.82 Å². The molecular weight excluding hydrogens is 304 g/mol. The Labute approximate surface area is 142 Å². The normalized spacial score (nSPS) is 13.6. The Kier molecular flexibility index (Phi) is 4.98. The third kappa shape index (κ3) is 4.24. The van der Waals surface area contributed by atoms with Gasteiger partial charge in [0.15, 0.2) is 0 Å². The van der Waals surface area contributed by atoms with Crippen molar-refractivity contribution in [3.8, 4) is 0 Å². The summed E-state index contributed by atoms with van der Waals surface area (Å²) in [5.41, 5.74) is 2.15. The Morgan fingerprint density at radius 2 is 2.25 bits per heavy atom. The number of hydrogen-bond donors (Lipinski definition) is 2. The minimum Gasteiger partial charge on any atom is -0.368 e. The Balaban J connectivity index is 1.46. The Morgan fingerprint density at radius 3 is 2.92 bits per heavy atom. The Morgan fingerprint density at radius 1 is 1.42 bits per heavy atom. The zero-order chi connectivity index (χ0) is 16.9. The second-order valence-corrected chi connectivity index (χ2v) is 6.21. The van der Waals surface area contributed by atoms with Gasteiger partial charge in [0.25, 0.3) is 0 Å². The maximum atomic E-state index is 12.5. The van der Waals surface area contributed by atoms with Crippen LogP contribution in [0.15, 0.2) is 30.7 Å². The van der Waals surface area contributed by atoms with Crippen LogP contribution >= 0.6 is 0 Å². The molecule has 2 aromatic rings. The quantitative estimate of drug-likeness (QED) is 0.761. The fourth-order valence-corrected chi connectivity index (χ4v) is 2.63. The average molecular weight is 328 g/mol. The predicted octanol–water partition coefficient (Wildman–Crippen LogP) is 1.91. The van der Waals surface area contributed by atoms with E-state index in [1.807, 2.05) is 43.4 Å². The number of rotatable bonds is 7. The smallest absolute Gasteiger partial charge is 0.318 e. The molecule has 2 aromatic heterocycles. The lowest BCUT2D eigenvalue weighted by molar-refractivity contribution is 0.192. The molecule has 1 fully saturated rings. The van der Waals surface area contributed by atoms with Gasteiger partial charge in [-0.2, -0.15) is 5.10 Å². The van der Waals surface area contributed by atoms with Crippen molar-refractivity contribution in [3.05, 3.63) is 41.9 Å². The lowest BCUT2D eigenvalue weighted by Crippen LogP contribution is -2.42. The van der Waals surface area contributed by atoms with Crippen LogP contribution < -0.4 is 10.6 Å². The Hall–Kier alpha value is -2.57. The molecule has 1 aliphatic rings. The van der Waals surface area contributed by atoms with Gasteiger partial charge in [-0.15, -0.1) is 0 Å². The summed E-state index contributed by atoms with van der Waals surface area (Å²) in [6.07, 6.45) is 7.69. The van der Waals surface area contributed by atoms with Crippen molar-refractivity contribution >= 4 is 11.8 Å². The summed E-state index contributed by atoms with van der Waals surface area (Å²) in [5, 5.41) is 10.4. The van der Waals surface area contributed by atoms with E-state index in [-0.39, 0.29) is 6.03 Å². The first-order valence-electron chi connectivity index (χ1n) is 8.31. The number of nitrogens with zero attached hydrogens (tertiary/aromatic N) is 4. The lowest BCUT2D eigenvalue weighted by atomic mass is 10.3. The molecule has 0 aromatic carbocycles. The van der Waals surface area contributed by atoms with Crippen molar-refractivity contribution < 1.29 is 4.79 Å². The van der Waals surface area contributed by atoms with E-state index >= 15 is 0 Å². The molecule has 1 aliphatic carbocycles. The number of pyridine rings is 1. The topological polar surface area (TPSA) is 75.1 Å². The molecule has 7 nitrogen and oxygen atoms in total. The molecule has 0 spiro atoms. The fraction of sp³-hybridized carbons (Fsp3) is 0.471. The summed E-state index contributed by atoms with van der Waals surface area (Å²) >= 11 is 0. The minimum absolute atomic E-state index is 0.0131. The summed E-state index contributed by atoms with van der Waals surface area (Å²) in [6.45, 7) is 3.83. The molecule has 0 bridgehead atoms. The molecular formula is C17H24N6O. The van der Waals surface area contributed by atoms with E-state index < -0.39 is 0 Å². The highest BCUT2D eigenvalue weighted by molar-refractivity contribution is 5.75. The van der Waals surface area contributed by atoms with Gasteiger partial charge < -0.3 is 15.5 Å². The van der Waals surface area contributed by atoms with Crippen LogP contribution in [-0.2, 0) is 13.6 Å². The zero-order valence-electron chi connectivity index (χ0n) is 14.2. The van der Waals surface area contributed by atoms with Gasteiger partial charge in [0.2, 0.25) is 0 Å². The van der Waals surface area contributed by atoms with Crippen LogP contribution in [0.2, 0.25) is 0 Å². The van der Waals surface area contributed by atoms with Crippen LogP contribution in [0.4, 0.5) is 10.6 Å². The van der Waals surface area contributed by atoms with Crippen LogP contribution in [-0.4, -0.2) is 44.8 Å². The number of nitrogens with one attached hydrogen (secondary N) is 2. The van der Waals surface area contributed by atoms with E-state index in [1.165, 1.54) is 0 Å². The van der Waals surface area contributed by atoms with Gasteiger partial charge >= 0.3 is 6.03 Å². The maximum Gasteiger partial charge on any atom is 0.318 e. The summed E-state index contributed by atoms with van der Waals surface area (Å²) < 4.78 is 1.76. The van der Waals surface area contributed by atoms with Crippen LogP contribution in [0.1, 0.15) is 24.0 Å². The molecule has 24 heavy (non-hydrogen) atoms. The number of hydrogen-bond acceptors (Lipinski definition) is 4. The van der Waals surface area contributed by atoms with Crippen LogP contribution in [0, 0.1) is 6.92 Å². The molecule has 0 unspecified atom stereocenters. The number of aromatic nitrogens is 3. The molecule has 0 saturated heterocycles. The van der Waals surface area contributed by atoms with E-state index in [4.69, 9.17) is 0 Å². The first kappa shape index (κ1) is 16.3. The number of carbonyl (C=O) groups excluding carboxylic acids is 1. The number of amides is 2. The molecule has 2 heterocycles. The second kappa shape index (κ2) is 7.33. The van der Waals surface area contributed by atoms with Gasteiger partial charge in [-0.3, -0.25) is 4.68 Å². The first-order chi connectivity index (χ1) is 11.6. The first-order valence-corrected chi connectivity index (χ1v) is 8.31. The van der Waals surface area contributed by atoms with E-state index in [9.17, 15) is 4.79 Å². The SMILES string of the molecule is Cc1cccnc1NCCNC(=O)N(Cc1cnn(C)c1)C1CC1. The van der Waals surface area contributed by atoms with Gasteiger partial charge in [-0.1, -0.05) is 6.07 Å². The van der Waals surface area contributed by atoms with Crippen molar-refractivity contribution in [2.75, 3.05) is 18.4 Å². The summed E-state index contributed by atoms with van der Waals surface area (Å²) in [4.78, 5) is 18.6. The Bertz CT molecular complexity index is 694. The minimum atomic E-state index is -0.0131. The standard InChI is InChI=1S/C17H24N6O/c1-13-4-3-7-18-16(13)19-8-9-20-17(24)23(15-5-6-15)12-14-10-21-22(2)11-14/h3-4,7,10-11,15H,5-6,8-9,12H2,1-2H3,(H,18,19)(H,20,24). The van der Waals surface area contributed by atoms with Gasteiger partial charge in [0.05, 0.1) is 12.7 Å². The molecule has 3 rings (SSSR count). The lowest BCUT2D eigenvalue weighted by Gasteiger charge is -2.22. The van der Waals surface area contributed by atoms with E-state index in [0.29, 0.717) is 25.7 Å². The molecule has 0 radical (unpaired) electrons. The highest BCUT2D eigenvalue weighted by atomic mass is 16.2. The predicted molar refractivity (Wildman–Crippen MR) is 92.6 cm³/mol. The molecule has 2 amide bonds. The summed E-state index contributed by atoms with van der Waals surface area (Å²) in [6, 6.07) is 4.27. The van der Waals surface area contributed by atoms with Gasteiger partial charge in [-0.05, 0) is 31.4 Å². The van der Waals surface area contributed by atoms with Crippen molar-refractivity contribution in [3.63, 3.8) is 0 Å². The monoisotopic (exact) mass is 328 g/mol. The van der Waals surface area contributed by atoms with Gasteiger partial charge in [0, 0.05) is 44.1 Å². The van der Waals surface area contributed by atoms with Crippen molar-refractivity contribution in [1.29, 1.82) is 0 Å². The third-order valence-electron chi connectivity index (χ3n) is 4.06. The number of carbonyl (C=O) groups is 1. The highest BCUT2D eigenvalue weighted by Crippen LogP contribution is 2.28. The molecule has 2 N–H and O–H groups in total. The van der Waals surface area contributed by atoms with Crippen LogP contribution in [0.3, 0.4) is 0 Å². The highest BCUT2D eigenvalue weighted by Gasteiger charge is 2.32. The van der Waals surface area contributed by atoms with Crippen LogP contribution in [0.25, 0.3) is 0 Å². The number of urea groups is 1. The average Bonchev–Trinajstić information content (AvgIpc) is 3.33. The fourth-order valence-electron chi connectivity index (χ4n) is 2.63. The molecule has 1 saturated carbocycles. The zero-order valence-corrected chi connectivity index (χ0v) is 14.2. The number of anilines is 1. The molecule has 0 atom stereocenters. The maximum absolute atomic E-state index is 12.5. The van der Waals surface area contributed by atoms with E-state index in [0.717, 1.165) is 29.8 Å². The van der Waals surface area contributed by atoms with Crippen LogP contribution in [0.5, 0.6) is 0 Å². The summed E-state index contributed by atoms with van der Waals surface area (Å²) in [7, 11) is 1.89. The summed E-state index contributed by atoms with van der Waals surface area (Å²) in [5.74, 6) is 0.862. The molecule has 128 valence electrons. The van der Waals surface area contributed by atoms with E-state index in [1.54, 1.807) is 10.9 Å². The molecule has 7 heteroatoms. The van der Waals surface area contributed by atoms with Crippen molar-refractivity contribution in [2.24, 2.45) is 7.05 Å².